The smallest absolute Gasteiger partial charge is 0.258 e. The lowest BCUT2D eigenvalue weighted by molar-refractivity contribution is 0.0708. The van der Waals surface area contributed by atoms with Gasteiger partial charge >= 0.3 is 0 Å². The number of hydrogen-bond donors (Lipinski definition) is 1. The van der Waals surface area contributed by atoms with Gasteiger partial charge in [-0.05, 0) is 34.9 Å². The summed E-state index contributed by atoms with van der Waals surface area (Å²) >= 11 is 6.35. The van der Waals surface area contributed by atoms with Gasteiger partial charge in [-0.2, -0.15) is 0 Å². The Labute approximate surface area is 180 Å². The largest absolute Gasteiger partial charge is 0.493 e. The van der Waals surface area contributed by atoms with Gasteiger partial charge in [0, 0.05) is 19.3 Å². The van der Waals surface area contributed by atoms with Crippen molar-refractivity contribution >= 4 is 17.5 Å². The van der Waals surface area contributed by atoms with Crippen LogP contribution in [0.1, 0.15) is 15.9 Å². The fraction of sp³-hybridized carbons (Fsp3) is 0.217. The van der Waals surface area contributed by atoms with E-state index in [1.807, 2.05) is 36.4 Å². The lowest BCUT2D eigenvalue weighted by atomic mass is 10.0. The van der Waals surface area contributed by atoms with Gasteiger partial charge in [0.15, 0.2) is 11.5 Å². The topological polar surface area (TPSA) is 71.9 Å². The van der Waals surface area contributed by atoms with Gasteiger partial charge in [-0.3, -0.25) is 4.79 Å². The minimum Gasteiger partial charge on any atom is -0.493 e. The first kappa shape index (κ1) is 21.6. The highest BCUT2D eigenvalue weighted by Gasteiger charge is 2.23. The number of aliphatic hydroxyl groups is 1. The molecule has 1 heterocycles. The maximum absolute atomic E-state index is 13.5. The third kappa shape index (κ3) is 4.72. The number of hydrogen-bond acceptors (Lipinski definition) is 5. The molecule has 0 spiro atoms. The van der Waals surface area contributed by atoms with E-state index < -0.39 is 0 Å². The lowest BCUT2D eigenvalue weighted by Gasteiger charge is -2.24. The number of methoxy groups -OCH3 is 2. The van der Waals surface area contributed by atoms with Crippen LogP contribution in [0, 0.1) is 0 Å². The van der Waals surface area contributed by atoms with Crippen LogP contribution in [0.2, 0.25) is 5.15 Å². The highest BCUT2D eigenvalue weighted by atomic mass is 35.5. The van der Waals surface area contributed by atoms with E-state index in [-0.39, 0.29) is 30.8 Å². The monoisotopic (exact) mass is 426 g/mol. The Bertz CT molecular complexity index is 1010. The third-order valence-corrected chi connectivity index (χ3v) is 4.97. The highest BCUT2D eigenvalue weighted by Crippen LogP contribution is 2.31. The molecule has 1 aromatic heterocycles. The van der Waals surface area contributed by atoms with Crippen LogP contribution in [0.25, 0.3) is 11.1 Å². The summed E-state index contributed by atoms with van der Waals surface area (Å²) in [5.74, 6) is 0.856. The molecule has 0 aliphatic rings. The van der Waals surface area contributed by atoms with Crippen molar-refractivity contribution in [3.05, 3.63) is 77.1 Å². The Morgan fingerprint density at radius 1 is 1.07 bits per heavy atom. The van der Waals surface area contributed by atoms with Crippen LogP contribution in [-0.2, 0) is 6.54 Å². The standard InChI is InChI=1S/C23H23ClN2O4/c1-29-19-9-8-16(14-20(19)30-2)15-26(12-13-27)23(28)21-18(10-11-25-22(21)24)17-6-4-3-5-7-17/h3-11,14,27H,12-13,15H2,1-2H3. The van der Waals surface area contributed by atoms with Crippen molar-refractivity contribution in [3.8, 4) is 22.6 Å². The number of benzene rings is 2. The quantitative estimate of drug-likeness (QED) is 0.550. The molecule has 0 bridgehead atoms. The number of carbonyl (C=O) groups excluding carboxylic acids is 1. The van der Waals surface area contributed by atoms with Crippen molar-refractivity contribution in [3.63, 3.8) is 0 Å². The number of ether oxygens (including phenoxy) is 2. The molecule has 3 rings (SSSR count). The molecule has 156 valence electrons. The summed E-state index contributed by atoms with van der Waals surface area (Å²) in [5.41, 5.74) is 2.69. The number of nitrogens with zero attached hydrogens (tertiary/aromatic N) is 2. The number of rotatable bonds is 8. The molecule has 1 amide bonds. The summed E-state index contributed by atoms with van der Waals surface area (Å²) in [6, 6.07) is 16.7. The molecule has 0 atom stereocenters. The van der Waals surface area contributed by atoms with Crippen molar-refractivity contribution < 1.29 is 19.4 Å². The van der Waals surface area contributed by atoms with Crippen LogP contribution in [-0.4, -0.2) is 48.3 Å². The van der Waals surface area contributed by atoms with Crippen molar-refractivity contribution in [2.24, 2.45) is 0 Å². The molecule has 6 nitrogen and oxygen atoms in total. The minimum atomic E-state index is -0.309. The van der Waals surface area contributed by atoms with E-state index in [0.29, 0.717) is 22.6 Å². The van der Waals surface area contributed by atoms with Crippen LogP contribution in [0.5, 0.6) is 11.5 Å². The zero-order chi connectivity index (χ0) is 21.5. The second-order valence-electron chi connectivity index (χ2n) is 6.53. The molecule has 3 aromatic rings. The van der Waals surface area contributed by atoms with E-state index in [9.17, 15) is 9.90 Å². The average molecular weight is 427 g/mol. The molecule has 0 aliphatic carbocycles. The van der Waals surface area contributed by atoms with E-state index in [4.69, 9.17) is 21.1 Å². The van der Waals surface area contributed by atoms with Crippen molar-refractivity contribution in [1.29, 1.82) is 0 Å². The Hall–Kier alpha value is -3.09. The van der Waals surface area contributed by atoms with Crippen molar-refractivity contribution in [2.45, 2.75) is 6.54 Å². The average Bonchev–Trinajstić information content (AvgIpc) is 2.78. The Kier molecular flexibility index (Phi) is 7.27. The number of aliphatic hydroxyl groups excluding tert-OH is 1. The van der Waals surface area contributed by atoms with Crippen molar-refractivity contribution in [1.82, 2.24) is 9.88 Å². The number of amides is 1. The summed E-state index contributed by atoms with van der Waals surface area (Å²) in [6.45, 7) is 0.226. The minimum absolute atomic E-state index is 0.122. The van der Waals surface area contributed by atoms with Gasteiger partial charge in [-0.25, -0.2) is 4.98 Å². The van der Waals surface area contributed by atoms with Gasteiger partial charge < -0.3 is 19.5 Å². The normalized spacial score (nSPS) is 10.5. The molecule has 0 fully saturated rings. The molecular formula is C23H23ClN2O4. The van der Waals surface area contributed by atoms with Crippen molar-refractivity contribution in [2.75, 3.05) is 27.4 Å². The van der Waals surface area contributed by atoms with Gasteiger partial charge in [0.25, 0.3) is 5.91 Å². The van der Waals surface area contributed by atoms with E-state index >= 15 is 0 Å². The van der Waals surface area contributed by atoms with E-state index in [2.05, 4.69) is 4.98 Å². The first-order valence-corrected chi connectivity index (χ1v) is 9.77. The highest BCUT2D eigenvalue weighted by molar-refractivity contribution is 6.33. The summed E-state index contributed by atoms with van der Waals surface area (Å²) in [6.07, 6.45) is 1.58. The number of aromatic nitrogens is 1. The Morgan fingerprint density at radius 3 is 2.47 bits per heavy atom. The van der Waals surface area contributed by atoms with E-state index in [1.54, 1.807) is 38.6 Å². The SMILES string of the molecule is COc1ccc(CN(CCO)C(=O)c2c(-c3ccccc3)ccnc2Cl)cc1OC. The second kappa shape index (κ2) is 10.1. The lowest BCUT2D eigenvalue weighted by Crippen LogP contribution is -2.33. The zero-order valence-corrected chi connectivity index (χ0v) is 17.6. The fourth-order valence-electron chi connectivity index (χ4n) is 3.23. The first-order valence-electron chi connectivity index (χ1n) is 9.40. The summed E-state index contributed by atoms with van der Waals surface area (Å²) < 4.78 is 10.6. The predicted molar refractivity (Wildman–Crippen MR) is 116 cm³/mol. The van der Waals surface area contributed by atoms with Gasteiger partial charge in [0.05, 0.1) is 26.4 Å². The van der Waals surface area contributed by atoms with Crippen LogP contribution in [0.4, 0.5) is 0 Å². The van der Waals surface area contributed by atoms with Crippen LogP contribution in [0.15, 0.2) is 60.8 Å². The van der Waals surface area contributed by atoms with Crippen LogP contribution < -0.4 is 9.47 Å². The predicted octanol–water partition coefficient (Wildman–Crippen LogP) is 4.05. The Morgan fingerprint density at radius 2 is 1.80 bits per heavy atom. The summed E-state index contributed by atoms with van der Waals surface area (Å²) in [7, 11) is 3.12. The third-order valence-electron chi connectivity index (χ3n) is 4.68. The van der Waals surface area contributed by atoms with E-state index in [0.717, 1.165) is 11.1 Å². The maximum Gasteiger partial charge on any atom is 0.258 e. The van der Waals surface area contributed by atoms with Gasteiger partial charge in [0.1, 0.15) is 5.15 Å². The van der Waals surface area contributed by atoms with E-state index in [1.165, 1.54) is 4.90 Å². The number of halogens is 1. The molecule has 2 aromatic carbocycles. The van der Waals surface area contributed by atoms with Gasteiger partial charge in [-0.1, -0.05) is 48.0 Å². The number of carbonyl (C=O) groups is 1. The zero-order valence-electron chi connectivity index (χ0n) is 16.8. The molecule has 0 unspecified atom stereocenters. The molecule has 1 N–H and O–H groups in total. The first-order chi connectivity index (χ1) is 14.6. The molecule has 0 saturated heterocycles. The van der Waals surface area contributed by atoms with Crippen LogP contribution in [0.3, 0.4) is 0 Å². The Balaban J connectivity index is 1.97. The molecule has 0 aliphatic heterocycles. The molecule has 7 heteroatoms. The van der Waals surface area contributed by atoms with Crippen LogP contribution >= 0.6 is 11.6 Å². The number of pyridine rings is 1. The summed E-state index contributed by atoms with van der Waals surface area (Å²) in [4.78, 5) is 19.1. The second-order valence-corrected chi connectivity index (χ2v) is 6.89. The molecule has 0 saturated carbocycles. The fourth-order valence-corrected chi connectivity index (χ4v) is 3.47. The molecular weight excluding hydrogens is 404 g/mol. The van der Waals surface area contributed by atoms with Gasteiger partial charge in [0.2, 0.25) is 0 Å². The molecule has 30 heavy (non-hydrogen) atoms. The summed E-state index contributed by atoms with van der Waals surface area (Å²) in [5, 5.41) is 9.68. The van der Waals surface area contributed by atoms with Gasteiger partial charge in [-0.15, -0.1) is 0 Å². The molecule has 0 radical (unpaired) electrons. The maximum atomic E-state index is 13.5.